The molecule has 1 N–H and O–H groups in total. The molecule has 0 radical (unpaired) electrons. The smallest absolute Gasteiger partial charge is 0.229 e. The average molecular weight is 275 g/mol. The molecule has 0 aliphatic rings. The van der Waals surface area contributed by atoms with Crippen molar-refractivity contribution in [3.8, 4) is 0 Å². The molecular formula is C18H29NO. The molecule has 20 heavy (non-hydrogen) atoms. The topological polar surface area (TPSA) is 29.1 Å². The van der Waals surface area contributed by atoms with Gasteiger partial charge in [0.15, 0.2) is 0 Å². The van der Waals surface area contributed by atoms with Crippen LogP contribution in [-0.4, -0.2) is 5.91 Å². The predicted octanol–water partition coefficient (Wildman–Crippen LogP) is 5.18. The van der Waals surface area contributed by atoms with Crippen LogP contribution >= 0.6 is 0 Å². The van der Waals surface area contributed by atoms with Gasteiger partial charge in [0.2, 0.25) is 5.91 Å². The second kappa shape index (κ2) is 8.08. The Hall–Kier alpha value is -1.31. The van der Waals surface area contributed by atoms with Crippen LogP contribution in [0.3, 0.4) is 0 Å². The predicted molar refractivity (Wildman–Crippen MR) is 87.0 cm³/mol. The van der Waals surface area contributed by atoms with E-state index >= 15 is 0 Å². The molecule has 0 aromatic heterocycles. The second-order valence-corrected chi connectivity index (χ2v) is 6.57. The van der Waals surface area contributed by atoms with Crippen LogP contribution in [0.25, 0.3) is 0 Å². The Labute approximate surface area is 124 Å². The normalized spacial score (nSPS) is 11.4. The van der Waals surface area contributed by atoms with Crippen molar-refractivity contribution in [3.05, 3.63) is 29.8 Å². The van der Waals surface area contributed by atoms with Crippen molar-refractivity contribution < 1.29 is 4.79 Å². The molecule has 0 saturated heterocycles. The summed E-state index contributed by atoms with van der Waals surface area (Å²) >= 11 is 0. The fourth-order valence-electron chi connectivity index (χ4n) is 2.01. The zero-order valence-electron chi connectivity index (χ0n) is 13.5. The third kappa shape index (κ3) is 6.23. The molecule has 0 saturated carbocycles. The average Bonchev–Trinajstić information content (AvgIpc) is 2.39. The van der Waals surface area contributed by atoms with E-state index in [1.54, 1.807) is 0 Å². The summed E-state index contributed by atoms with van der Waals surface area (Å²) < 4.78 is 0. The summed E-state index contributed by atoms with van der Waals surface area (Å²) in [4.78, 5) is 11.9. The molecule has 0 spiro atoms. The molecule has 0 unspecified atom stereocenters. The lowest BCUT2D eigenvalue weighted by Gasteiger charge is -2.17. The number of hydrogen-bond donors (Lipinski definition) is 1. The van der Waals surface area contributed by atoms with Gasteiger partial charge in [0.05, 0.1) is 0 Å². The van der Waals surface area contributed by atoms with Crippen molar-refractivity contribution in [2.45, 2.75) is 66.2 Å². The van der Waals surface area contributed by atoms with Crippen molar-refractivity contribution in [2.24, 2.45) is 5.41 Å². The number of amides is 1. The first-order valence-electron chi connectivity index (χ1n) is 7.84. The highest BCUT2D eigenvalue weighted by atomic mass is 16.2. The number of anilines is 1. The van der Waals surface area contributed by atoms with Crippen molar-refractivity contribution in [2.75, 3.05) is 5.32 Å². The van der Waals surface area contributed by atoms with Crippen LogP contribution in [0.1, 0.15) is 65.4 Å². The number of rotatable bonds is 7. The Kier molecular flexibility index (Phi) is 6.77. The minimum atomic E-state index is -0.349. The van der Waals surface area contributed by atoms with E-state index in [1.807, 2.05) is 32.9 Å². The molecule has 0 heterocycles. The molecular weight excluding hydrogens is 246 g/mol. The van der Waals surface area contributed by atoms with E-state index in [0.717, 1.165) is 12.1 Å². The van der Waals surface area contributed by atoms with E-state index in [1.165, 1.54) is 37.7 Å². The monoisotopic (exact) mass is 275 g/mol. The summed E-state index contributed by atoms with van der Waals surface area (Å²) in [5, 5.41) is 2.95. The summed E-state index contributed by atoms with van der Waals surface area (Å²) in [5.41, 5.74) is 1.90. The van der Waals surface area contributed by atoms with Gasteiger partial charge in [-0.3, -0.25) is 4.79 Å². The van der Waals surface area contributed by atoms with Crippen molar-refractivity contribution in [3.63, 3.8) is 0 Å². The number of nitrogens with one attached hydrogen (secondary N) is 1. The maximum absolute atomic E-state index is 11.9. The van der Waals surface area contributed by atoms with Gasteiger partial charge < -0.3 is 5.32 Å². The highest BCUT2D eigenvalue weighted by molar-refractivity contribution is 5.94. The van der Waals surface area contributed by atoms with E-state index in [9.17, 15) is 4.79 Å². The maximum Gasteiger partial charge on any atom is 0.229 e. The van der Waals surface area contributed by atoms with Gasteiger partial charge in [0.25, 0.3) is 0 Å². The molecule has 2 nitrogen and oxygen atoms in total. The number of unbranched alkanes of at least 4 members (excludes halogenated alkanes) is 4. The summed E-state index contributed by atoms with van der Waals surface area (Å²) in [5.74, 6) is 0.0600. The Bertz CT molecular complexity index is 400. The van der Waals surface area contributed by atoms with E-state index in [0.29, 0.717) is 0 Å². The Balaban J connectivity index is 2.39. The van der Waals surface area contributed by atoms with Crippen LogP contribution in [0, 0.1) is 5.41 Å². The van der Waals surface area contributed by atoms with Crippen LogP contribution in [-0.2, 0) is 11.2 Å². The number of carbonyl (C=O) groups is 1. The lowest BCUT2D eigenvalue weighted by atomic mass is 9.95. The van der Waals surface area contributed by atoms with E-state index in [4.69, 9.17) is 0 Å². The van der Waals surface area contributed by atoms with Crippen molar-refractivity contribution in [1.29, 1.82) is 0 Å². The number of carbonyl (C=O) groups excluding carboxylic acids is 1. The first-order valence-corrected chi connectivity index (χ1v) is 7.84. The zero-order valence-corrected chi connectivity index (χ0v) is 13.5. The second-order valence-electron chi connectivity index (χ2n) is 6.57. The molecule has 0 fully saturated rings. The lowest BCUT2D eigenvalue weighted by Crippen LogP contribution is -2.27. The van der Waals surface area contributed by atoms with E-state index < -0.39 is 0 Å². The highest BCUT2D eigenvalue weighted by Gasteiger charge is 2.20. The third-order valence-electron chi connectivity index (χ3n) is 3.46. The SMILES string of the molecule is CCCCCCCc1ccc(NC(=O)C(C)(C)C)cc1. The standard InChI is InChI=1S/C18H29NO/c1-5-6-7-8-9-10-15-11-13-16(14-12-15)19-17(20)18(2,3)4/h11-14H,5-10H2,1-4H3,(H,19,20). The molecule has 0 bridgehead atoms. The van der Waals surface area contributed by atoms with Crippen LogP contribution in [0.4, 0.5) is 5.69 Å². The molecule has 1 amide bonds. The van der Waals surface area contributed by atoms with Gasteiger partial charge in [0.1, 0.15) is 0 Å². The van der Waals surface area contributed by atoms with Gasteiger partial charge in [-0.15, -0.1) is 0 Å². The van der Waals surface area contributed by atoms with Crippen LogP contribution in [0.5, 0.6) is 0 Å². The molecule has 1 aromatic carbocycles. The Morgan fingerprint density at radius 3 is 2.15 bits per heavy atom. The molecule has 2 heteroatoms. The van der Waals surface area contributed by atoms with Gasteiger partial charge in [-0.25, -0.2) is 0 Å². The highest BCUT2D eigenvalue weighted by Crippen LogP contribution is 2.18. The van der Waals surface area contributed by atoms with Crippen molar-refractivity contribution >= 4 is 11.6 Å². The molecule has 1 aromatic rings. The number of hydrogen-bond acceptors (Lipinski definition) is 1. The lowest BCUT2D eigenvalue weighted by molar-refractivity contribution is -0.123. The fraction of sp³-hybridized carbons (Fsp3) is 0.611. The van der Waals surface area contributed by atoms with Gasteiger partial charge in [0, 0.05) is 11.1 Å². The molecule has 0 aliphatic carbocycles. The number of benzene rings is 1. The molecule has 0 atom stereocenters. The summed E-state index contributed by atoms with van der Waals surface area (Å²) in [6.45, 7) is 8.01. The van der Waals surface area contributed by atoms with Crippen LogP contribution in [0.2, 0.25) is 0 Å². The summed E-state index contributed by atoms with van der Waals surface area (Å²) in [6, 6.07) is 8.26. The maximum atomic E-state index is 11.9. The van der Waals surface area contributed by atoms with Crippen molar-refractivity contribution in [1.82, 2.24) is 0 Å². The molecule has 112 valence electrons. The third-order valence-corrected chi connectivity index (χ3v) is 3.46. The first kappa shape index (κ1) is 16.7. The quantitative estimate of drug-likeness (QED) is 0.682. The van der Waals surface area contributed by atoms with Crippen LogP contribution < -0.4 is 5.32 Å². The largest absolute Gasteiger partial charge is 0.326 e. The zero-order chi connectivity index (χ0) is 15.0. The first-order chi connectivity index (χ1) is 9.43. The van der Waals surface area contributed by atoms with E-state index in [-0.39, 0.29) is 11.3 Å². The Morgan fingerprint density at radius 1 is 1.00 bits per heavy atom. The Morgan fingerprint density at radius 2 is 1.60 bits per heavy atom. The minimum Gasteiger partial charge on any atom is -0.326 e. The molecule has 1 rings (SSSR count). The van der Waals surface area contributed by atoms with Crippen LogP contribution in [0.15, 0.2) is 24.3 Å². The number of aryl methyl sites for hydroxylation is 1. The van der Waals surface area contributed by atoms with Gasteiger partial charge in [-0.05, 0) is 30.5 Å². The van der Waals surface area contributed by atoms with Gasteiger partial charge >= 0.3 is 0 Å². The van der Waals surface area contributed by atoms with E-state index in [2.05, 4.69) is 24.4 Å². The minimum absolute atomic E-state index is 0.0600. The fourth-order valence-corrected chi connectivity index (χ4v) is 2.01. The van der Waals surface area contributed by atoms with Gasteiger partial charge in [-0.2, -0.15) is 0 Å². The summed E-state index contributed by atoms with van der Waals surface area (Å²) in [6.07, 6.45) is 7.69. The van der Waals surface area contributed by atoms with Gasteiger partial charge in [-0.1, -0.05) is 65.5 Å². The molecule has 0 aliphatic heterocycles. The summed E-state index contributed by atoms with van der Waals surface area (Å²) in [7, 11) is 0.